The van der Waals surface area contributed by atoms with Gasteiger partial charge in [-0.2, -0.15) is 0 Å². The van der Waals surface area contributed by atoms with Gasteiger partial charge in [0.05, 0.1) is 0 Å². The Kier molecular flexibility index (Phi) is 8.39. The number of aromatic nitrogens is 1. The van der Waals surface area contributed by atoms with E-state index in [1.807, 2.05) is 17.2 Å². The van der Waals surface area contributed by atoms with Gasteiger partial charge in [0.25, 0.3) is 5.91 Å². The molecule has 0 saturated carbocycles. The number of carbonyl (C=O) groups is 1. The minimum atomic E-state index is 0. The van der Waals surface area contributed by atoms with E-state index in [9.17, 15) is 4.79 Å². The summed E-state index contributed by atoms with van der Waals surface area (Å²) in [5.41, 5.74) is 8.62. The highest BCUT2D eigenvalue weighted by Gasteiger charge is 2.24. The molecule has 0 spiro atoms. The van der Waals surface area contributed by atoms with Gasteiger partial charge in [0.1, 0.15) is 10.7 Å². The second-order valence-corrected chi connectivity index (χ2v) is 6.62. The summed E-state index contributed by atoms with van der Waals surface area (Å²) in [6, 6.07) is 8.71. The first-order valence-electron chi connectivity index (χ1n) is 8.10. The number of nitrogens with two attached hydrogens (primary N) is 1. The van der Waals surface area contributed by atoms with E-state index >= 15 is 0 Å². The zero-order valence-electron chi connectivity index (χ0n) is 14.5. The summed E-state index contributed by atoms with van der Waals surface area (Å²) in [5.74, 6) is 0.00223. The largest absolute Gasteiger partial charge is 0.334 e. The number of hydrogen-bond acceptors (Lipinski definition) is 4. The van der Waals surface area contributed by atoms with E-state index < -0.39 is 0 Å². The molecular weight excluding hydrogens is 342 g/mol. The normalized spacial score (nSPS) is 11.7. The van der Waals surface area contributed by atoms with E-state index in [0.717, 1.165) is 17.8 Å². The molecule has 6 heteroatoms. The average Bonchev–Trinajstić information content (AvgIpc) is 3.05. The Morgan fingerprint density at radius 2 is 1.96 bits per heavy atom. The molecule has 0 fully saturated rings. The third-order valence-corrected chi connectivity index (χ3v) is 4.92. The van der Waals surface area contributed by atoms with Crippen LogP contribution in [0.15, 0.2) is 29.6 Å². The highest BCUT2D eigenvalue weighted by Crippen LogP contribution is 2.17. The first-order valence-corrected chi connectivity index (χ1v) is 8.97. The van der Waals surface area contributed by atoms with Crippen LogP contribution in [0.4, 0.5) is 0 Å². The zero-order chi connectivity index (χ0) is 16.8. The van der Waals surface area contributed by atoms with Crippen LogP contribution >= 0.6 is 23.7 Å². The van der Waals surface area contributed by atoms with Gasteiger partial charge in [0.2, 0.25) is 0 Å². The fourth-order valence-electron chi connectivity index (χ4n) is 2.69. The molecule has 0 saturated heterocycles. The van der Waals surface area contributed by atoms with Gasteiger partial charge in [-0.05, 0) is 32.3 Å². The lowest BCUT2D eigenvalue weighted by molar-refractivity contribution is 0.0678. The Bertz CT molecular complexity index is 642. The van der Waals surface area contributed by atoms with Crippen LogP contribution in [0.3, 0.4) is 0 Å². The Morgan fingerprint density at radius 1 is 1.29 bits per heavy atom. The van der Waals surface area contributed by atoms with Crippen molar-refractivity contribution in [1.29, 1.82) is 0 Å². The monoisotopic (exact) mass is 367 g/mol. The maximum absolute atomic E-state index is 12.8. The first kappa shape index (κ1) is 20.6. The lowest BCUT2D eigenvalue weighted by Crippen LogP contribution is -2.41. The summed E-state index contributed by atoms with van der Waals surface area (Å²) in [6.45, 7) is 7.29. The Hall–Kier alpha value is -1.43. The van der Waals surface area contributed by atoms with E-state index in [2.05, 4.69) is 43.1 Å². The standard InChI is InChI=1S/C18H25N3OS.ClH/c1-4-15(10-14-8-6-13(3)7-9-14)21(5-2)18(22)16-12-23-17(11-19)20-16;/h6-9,12,15H,4-5,10-11,19H2,1-3H3;1H. The molecule has 1 heterocycles. The molecule has 2 N–H and O–H groups in total. The lowest BCUT2D eigenvalue weighted by Gasteiger charge is -2.30. The maximum atomic E-state index is 12.8. The average molecular weight is 368 g/mol. The summed E-state index contributed by atoms with van der Waals surface area (Å²) in [6.07, 6.45) is 1.78. The van der Waals surface area contributed by atoms with Gasteiger partial charge in [-0.25, -0.2) is 4.98 Å². The predicted molar refractivity (Wildman–Crippen MR) is 103 cm³/mol. The van der Waals surface area contributed by atoms with Crippen molar-refractivity contribution in [3.63, 3.8) is 0 Å². The van der Waals surface area contributed by atoms with E-state index in [0.29, 0.717) is 18.8 Å². The van der Waals surface area contributed by atoms with Crippen molar-refractivity contribution in [3.8, 4) is 0 Å². The lowest BCUT2D eigenvalue weighted by atomic mass is 10.0. The van der Waals surface area contributed by atoms with Crippen molar-refractivity contribution in [3.05, 3.63) is 51.5 Å². The van der Waals surface area contributed by atoms with Crippen molar-refractivity contribution in [2.45, 2.75) is 46.2 Å². The van der Waals surface area contributed by atoms with Gasteiger partial charge in [0, 0.05) is 24.5 Å². The molecule has 0 bridgehead atoms. The van der Waals surface area contributed by atoms with E-state index in [1.54, 1.807) is 0 Å². The van der Waals surface area contributed by atoms with Gasteiger partial charge in [0.15, 0.2) is 0 Å². The smallest absolute Gasteiger partial charge is 0.273 e. The maximum Gasteiger partial charge on any atom is 0.273 e. The quantitative estimate of drug-likeness (QED) is 0.809. The number of thiazole rings is 1. The molecule has 1 aromatic heterocycles. The van der Waals surface area contributed by atoms with Crippen molar-refractivity contribution in [2.24, 2.45) is 5.73 Å². The van der Waals surface area contributed by atoms with Crippen LogP contribution in [0.5, 0.6) is 0 Å². The fourth-order valence-corrected chi connectivity index (χ4v) is 3.34. The minimum absolute atomic E-state index is 0. The SMILES string of the molecule is CCC(Cc1ccc(C)cc1)N(CC)C(=O)c1csc(CN)n1.Cl. The van der Waals surface area contributed by atoms with Crippen LogP contribution in [-0.4, -0.2) is 28.4 Å². The number of nitrogens with zero attached hydrogens (tertiary/aromatic N) is 2. The summed E-state index contributed by atoms with van der Waals surface area (Å²) >= 11 is 1.45. The molecule has 0 aliphatic carbocycles. The number of amides is 1. The Balaban J connectivity index is 0.00000288. The zero-order valence-corrected chi connectivity index (χ0v) is 16.1. The van der Waals surface area contributed by atoms with Crippen molar-refractivity contribution in [1.82, 2.24) is 9.88 Å². The molecule has 1 amide bonds. The Labute approximate surface area is 154 Å². The number of likely N-dealkylation sites (N-methyl/N-ethyl adjacent to an activating group) is 1. The summed E-state index contributed by atoms with van der Waals surface area (Å²) in [5, 5.41) is 2.61. The molecular formula is C18H26ClN3OS. The number of halogens is 1. The van der Waals surface area contributed by atoms with Crippen molar-refractivity contribution < 1.29 is 4.79 Å². The van der Waals surface area contributed by atoms with Crippen LogP contribution in [0.1, 0.15) is 46.9 Å². The molecule has 0 aliphatic rings. The molecule has 2 rings (SSSR count). The topological polar surface area (TPSA) is 59.2 Å². The van der Waals surface area contributed by atoms with Crippen LogP contribution in [0, 0.1) is 6.92 Å². The number of rotatable bonds is 7. The molecule has 0 radical (unpaired) electrons. The second-order valence-electron chi connectivity index (χ2n) is 5.67. The second kappa shape index (κ2) is 9.77. The molecule has 0 aliphatic heterocycles. The minimum Gasteiger partial charge on any atom is -0.334 e. The fraction of sp³-hybridized carbons (Fsp3) is 0.444. The molecule has 1 aromatic carbocycles. The van der Waals surface area contributed by atoms with E-state index in [-0.39, 0.29) is 24.4 Å². The predicted octanol–water partition coefficient (Wildman–Crippen LogP) is 3.82. The van der Waals surface area contributed by atoms with E-state index in [1.165, 1.54) is 22.5 Å². The van der Waals surface area contributed by atoms with Crippen LogP contribution < -0.4 is 5.73 Å². The summed E-state index contributed by atoms with van der Waals surface area (Å²) in [7, 11) is 0. The van der Waals surface area contributed by atoms with Gasteiger partial charge >= 0.3 is 0 Å². The summed E-state index contributed by atoms with van der Waals surface area (Å²) in [4.78, 5) is 19.0. The highest BCUT2D eigenvalue weighted by molar-refractivity contribution is 7.09. The van der Waals surface area contributed by atoms with E-state index in [4.69, 9.17) is 5.73 Å². The molecule has 132 valence electrons. The molecule has 2 aromatic rings. The molecule has 1 unspecified atom stereocenters. The Morgan fingerprint density at radius 3 is 2.46 bits per heavy atom. The highest BCUT2D eigenvalue weighted by atomic mass is 35.5. The molecule has 1 atom stereocenters. The number of benzene rings is 1. The van der Waals surface area contributed by atoms with Crippen LogP contribution in [-0.2, 0) is 13.0 Å². The van der Waals surface area contributed by atoms with Gasteiger partial charge in [-0.3, -0.25) is 4.79 Å². The molecule has 4 nitrogen and oxygen atoms in total. The van der Waals surface area contributed by atoms with Crippen LogP contribution in [0.25, 0.3) is 0 Å². The third kappa shape index (κ3) is 5.03. The summed E-state index contributed by atoms with van der Waals surface area (Å²) < 4.78 is 0. The number of carbonyl (C=O) groups excluding carboxylic acids is 1. The third-order valence-electron chi connectivity index (χ3n) is 4.05. The van der Waals surface area contributed by atoms with Gasteiger partial charge in [-0.15, -0.1) is 23.7 Å². The number of aryl methyl sites for hydroxylation is 1. The molecule has 24 heavy (non-hydrogen) atoms. The van der Waals surface area contributed by atoms with Crippen molar-refractivity contribution in [2.75, 3.05) is 6.54 Å². The van der Waals surface area contributed by atoms with Crippen molar-refractivity contribution >= 4 is 29.7 Å². The number of hydrogen-bond donors (Lipinski definition) is 1. The van der Waals surface area contributed by atoms with Gasteiger partial charge < -0.3 is 10.6 Å². The van der Waals surface area contributed by atoms with Crippen LogP contribution in [0.2, 0.25) is 0 Å². The van der Waals surface area contributed by atoms with Gasteiger partial charge in [-0.1, -0.05) is 36.8 Å². The first-order chi connectivity index (χ1) is 11.1.